The Morgan fingerprint density at radius 2 is 1.94 bits per heavy atom. The van der Waals surface area contributed by atoms with Crippen molar-refractivity contribution in [3.8, 4) is 0 Å². The maximum absolute atomic E-state index is 3.85. The molecule has 0 aromatic heterocycles. The zero-order valence-electron chi connectivity index (χ0n) is 11.8. The van der Waals surface area contributed by atoms with Crippen LogP contribution in [0.25, 0.3) is 0 Å². The third-order valence-corrected chi connectivity index (χ3v) is 6.65. The lowest BCUT2D eigenvalue weighted by atomic mass is 9.80. The van der Waals surface area contributed by atoms with Crippen LogP contribution >= 0.6 is 11.8 Å². The van der Waals surface area contributed by atoms with Crippen molar-refractivity contribution in [3.05, 3.63) is 0 Å². The van der Waals surface area contributed by atoms with Gasteiger partial charge in [-0.3, -0.25) is 4.90 Å². The molecule has 0 amide bonds. The molecule has 1 spiro atoms. The highest BCUT2D eigenvalue weighted by atomic mass is 32.2. The summed E-state index contributed by atoms with van der Waals surface area (Å²) in [7, 11) is 0. The van der Waals surface area contributed by atoms with Crippen LogP contribution in [0.1, 0.15) is 51.9 Å². The number of hydrogen-bond donors (Lipinski definition) is 1. The van der Waals surface area contributed by atoms with E-state index in [0.29, 0.717) is 10.3 Å². The lowest BCUT2D eigenvalue weighted by Crippen LogP contribution is -2.62. The second kappa shape index (κ2) is 5.34. The molecule has 1 unspecified atom stereocenters. The predicted molar refractivity (Wildman–Crippen MR) is 80.4 cm³/mol. The summed E-state index contributed by atoms with van der Waals surface area (Å²) in [5.74, 6) is 1.38. The van der Waals surface area contributed by atoms with Crippen LogP contribution in [-0.4, -0.2) is 47.1 Å². The summed E-state index contributed by atoms with van der Waals surface area (Å²) >= 11 is 2.21. The third kappa shape index (κ3) is 2.88. The molecule has 0 radical (unpaired) electrons. The van der Waals surface area contributed by atoms with Gasteiger partial charge in [0.15, 0.2) is 0 Å². The van der Waals surface area contributed by atoms with Crippen molar-refractivity contribution in [2.24, 2.45) is 0 Å². The van der Waals surface area contributed by atoms with Crippen LogP contribution in [0.4, 0.5) is 0 Å². The van der Waals surface area contributed by atoms with Crippen molar-refractivity contribution in [3.63, 3.8) is 0 Å². The van der Waals surface area contributed by atoms with Crippen LogP contribution in [0.2, 0.25) is 0 Å². The summed E-state index contributed by atoms with van der Waals surface area (Å²) < 4.78 is 0.549. The van der Waals surface area contributed by atoms with Crippen molar-refractivity contribution in [1.29, 1.82) is 0 Å². The van der Waals surface area contributed by atoms with Gasteiger partial charge in [0.25, 0.3) is 0 Å². The molecule has 0 bridgehead atoms. The third-order valence-electron chi connectivity index (χ3n) is 5.12. The number of piperazine rings is 1. The molecule has 104 valence electrons. The average molecular weight is 268 g/mol. The van der Waals surface area contributed by atoms with Crippen molar-refractivity contribution in [1.82, 2.24) is 10.2 Å². The highest BCUT2D eigenvalue weighted by molar-refractivity contribution is 8.00. The molecular weight excluding hydrogens is 240 g/mol. The monoisotopic (exact) mass is 268 g/mol. The summed E-state index contributed by atoms with van der Waals surface area (Å²) in [5.41, 5.74) is 0.482. The Bertz CT molecular complexity index is 275. The van der Waals surface area contributed by atoms with Crippen LogP contribution in [0, 0.1) is 0 Å². The lowest BCUT2D eigenvalue weighted by molar-refractivity contribution is 0.0929. The van der Waals surface area contributed by atoms with E-state index in [2.05, 4.69) is 28.9 Å². The molecule has 1 N–H and O–H groups in total. The summed E-state index contributed by atoms with van der Waals surface area (Å²) in [5, 5.41) is 3.85. The minimum absolute atomic E-state index is 0.482. The fraction of sp³-hybridized carbons (Fsp3) is 1.00. The van der Waals surface area contributed by atoms with Gasteiger partial charge in [-0.25, -0.2) is 0 Å². The molecule has 18 heavy (non-hydrogen) atoms. The molecular formula is C15H28N2S. The summed E-state index contributed by atoms with van der Waals surface area (Å²) in [6.45, 7) is 7.59. The first-order chi connectivity index (χ1) is 8.70. The van der Waals surface area contributed by atoms with Gasteiger partial charge in [0, 0.05) is 36.5 Å². The average Bonchev–Trinajstić information content (AvgIpc) is 2.77. The minimum Gasteiger partial charge on any atom is -0.309 e. The first-order valence-electron chi connectivity index (χ1n) is 7.81. The zero-order chi connectivity index (χ0) is 12.5. The van der Waals surface area contributed by atoms with Crippen LogP contribution in [0.15, 0.2) is 0 Å². The van der Waals surface area contributed by atoms with Gasteiger partial charge < -0.3 is 5.32 Å². The highest BCUT2D eigenvalue weighted by Crippen LogP contribution is 2.39. The molecule has 3 fully saturated rings. The molecule has 1 aliphatic carbocycles. The minimum atomic E-state index is 0.482. The SMILES string of the molecule is CC1(CN2CCNC3(CCCCC3)C2)CCCS1. The Labute approximate surface area is 116 Å². The van der Waals surface area contributed by atoms with E-state index >= 15 is 0 Å². The van der Waals surface area contributed by atoms with E-state index in [9.17, 15) is 0 Å². The van der Waals surface area contributed by atoms with Gasteiger partial charge >= 0.3 is 0 Å². The molecule has 0 aromatic rings. The highest BCUT2D eigenvalue weighted by Gasteiger charge is 2.39. The zero-order valence-corrected chi connectivity index (χ0v) is 12.7. The Morgan fingerprint density at radius 3 is 2.67 bits per heavy atom. The molecule has 2 heterocycles. The maximum atomic E-state index is 3.85. The molecule has 2 nitrogen and oxygen atoms in total. The molecule has 1 saturated carbocycles. The van der Waals surface area contributed by atoms with E-state index in [0.717, 1.165) is 0 Å². The van der Waals surface area contributed by atoms with Gasteiger partial charge in [-0.2, -0.15) is 11.8 Å². The van der Waals surface area contributed by atoms with Crippen molar-refractivity contribution in [2.75, 3.05) is 31.9 Å². The quantitative estimate of drug-likeness (QED) is 0.829. The molecule has 2 saturated heterocycles. The van der Waals surface area contributed by atoms with Crippen LogP contribution in [0.5, 0.6) is 0 Å². The Morgan fingerprint density at radius 1 is 1.11 bits per heavy atom. The first-order valence-corrected chi connectivity index (χ1v) is 8.80. The number of thioether (sulfide) groups is 1. The topological polar surface area (TPSA) is 15.3 Å². The fourth-order valence-electron chi connectivity index (χ4n) is 4.18. The van der Waals surface area contributed by atoms with Gasteiger partial charge in [0.1, 0.15) is 0 Å². The summed E-state index contributed by atoms with van der Waals surface area (Å²) in [4.78, 5) is 2.76. The second-order valence-corrected chi connectivity index (χ2v) is 8.56. The van der Waals surface area contributed by atoms with Gasteiger partial charge in [-0.15, -0.1) is 0 Å². The normalized spacial score (nSPS) is 37.2. The predicted octanol–water partition coefficient (Wildman–Crippen LogP) is 2.88. The van der Waals surface area contributed by atoms with E-state index in [1.54, 1.807) is 0 Å². The molecule has 3 aliphatic rings. The summed E-state index contributed by atoms with van der Waals surface area (Å²) in [6.07, 6.45) is 10.0. The van der Waals surface area contributed by atoms with Gasteiger partial charge in [0.05, 0.1) is 0 Å². The van der Waals surface area contributed by atoms with Gasteiger partial charge in [-0.1, -0.05) is 19.3 Å². The van der Waals surface area contributed by atoms with E-state index in [1.807, 2.05) is 0 Å². The van der Waals surface area contributed by atoms with E-state index in [4.69, 9.17) is 0 Å². The van der Waals surface area contributed by atoms with Gasteiger partial charge in [0.2, 0.25) is 0 Å². The van der Waals surface area contributed by atoms with Crippen molar-refractivity contribution >= 4 is 11.8 Å². The summed E-state index contributed by atoms with van der Waals surface area (Å²) in [6, 6.07) is 0. The molecule has 3 heteroatoms. The lowest BCUT2D eigenvalue weighted by Gasteiger charge is -2.47. The molecule has 2 aliphatic heterocycles. The van der Waals surface area contributed by atoms with E-state index in [-0.39, 0.29) is 0 Å². The van der Waals surface area contributed by atoms with Crippen molar-refractivity contribution < 1.29 is 0 Å². The van der Waals surface area contributed by atoms with E-state index in [1.165, 1.54) is 76.9 Å². The smallest absolute Gasteiger partial charge is 0.0309 e. The van der Waals surface area contributed by atoms with Gasteiger partial charge in [-0.05, 0) is 38.4 Å². The fourth-order valence-corrected chi connectivity index (χ4v) is 5.52. The van der Waals surface area contributed by atoms with Crippen LogP contribution < -0.4 is 5.32 Å². The molecule has 3 rings (SSSR count). The molecule has 1 atom stereocenters. The number of nitrogens with zero attached hydrogens (tertiary/aromatic N) is 1. The van der Waals surface area contributed by atoms with E-state index < -0.39 is 0 Å². The standard InChI is InChI=1S/C15H28N2S/c1-14(6-5-11-18-14)12-17-10-9-16-15(13-17)7-3-2-4-8-15/h16H,2-13H2,1H3. The van der Waals surface area contributed by atoms with Crippen molar-refractivity contribution in [2.45, 2.75) is 62.2 Å². The number of rotatable bonds is 2. The largest absolute Gasteiger partial charge is 0.309 e. The number of nitrogens with one attached hydrogen (secondary N) is 1. The first kappa shape index (κ1) is 13.3. The maximum Gasteiger partial charge on any atom is 0.0309 e. The Hall–Kier alpha value is 0.270. The van der Waals surface area contributed by atoms with Crippen LogP contribution in [-0.2, 0) is 0 Å². The second-order valence-electron chi connectivity index (χ2n) is 6.88. The Kier molecular flexibility index (Phi) is 3.93. The van der Waals surface area contributed by atoms with Crippen LogP contribution in [0.3, 0.4) is 0 Å². The Balaban J connectivity index is 1.59. The number of hydrogen-bond acceptors (Lipinski definition) is 3. The molecule has 0 aromatic carbocycles.